The van der Waals surface area contributed by atoms with Crippen molar-refractivity contribution < 1.29 is 0 Å². The minimum absolute atomic E-state index is 0.680. The minimum atomic E-state index is 0.680. The first kappa shape index (κ1) is 18.6. The lowest BCUT2D eigenvalue weighted by atomic mass is 9.91. The number of aryl methyl sites for hydroxylation is 1. The van der Waals surface area contributed by atoms with Gasteiger partial charge in [-0.1, -0.05) is 52.4 Å². The topological polar surface area (TPSA) is 24.1 Å². The second-order valence-corrected chi connectivity index (χ2v) is 8.23. The highest BCUT2D eigenvalue weighted by atomic mass is 14.9. The Morgan fingerprint density at radius 1 is 0.800 bits per heavy atom. The van der Waals surface area contributed by atoms with E-state index in [1.54, 1.807) is 5.56 Å². The van der Waals surface area contributed by atoms with Crippen LogP contribution in [-0.4, -0.2) is 12.1 Å². The Morgan fingerprint density at radius 3 is 1.88 bits per heavy atom. The van der Waals surface area contributed by atoms with Crippen LogP contribution in [0, 0.1) is 6.92 Å². The predicted octanol–water partition coefficient (Wildman–Crippen LogP) is 6.61. The van der Waals surface area contributed by atoms with E-state index < -0.39 is 0 Å². The standard InChI is InChI=1S/C23H38N2/c1-4-18-16-22(24-19-12-8-6-9-13-19)17(3)21(5-2)23(18)25-20-14-10-7-11-15-20/h16,19-20,24-25H,4-15H2,1-3H3. The molecule has 25 heavy (non-hydrogen) atoms. The highest BCUT2D eigenvalue weighted by molar-refractivity contribution is 5.70. The molecule has 2 saturated carbocycles. The first-order chi connectivity index (χ1) is 12.2. The molecule has 2 N–H and O–H groups in total. The van der Waals surface area contributed by atoms with Crippen molar-refractivity contribution in [3.63, 3.8) is 0 Å². The molecule has 2 heteroatoms. The Morgan fingerprint density at radius 2 is 1.36 bits per heavy atom. The quantitative estimate of drug-likeness (QED) is 0.608. The fourth-order valence-electron chi connectivity index (χ4n) is 4.87. The monoisotopic (exact) mass is 342 g/mol. The Balaban J connectivity index is 1.85. The van der Waals surface area contributed by atoms with E-state index in [0.29, 0.717) is 12.1 Å². The minimum Gasteiger partial charge on any atom is -0.382 e. The van der Waals surface area contributed by atoms with Gasteiger partial charge < -0.3 is 10.6 Å². The maximum absolute atomic E-state index is 3.96. The van der Waals surface area contributed by atoms with Crippen LogP contribution in [0.4, 0.5) is 11.4 Å². The predicted molar refractivity (Wildman–Crippen MR) is 111 cm³/mol. The maximum Gasteiger partial charge on any atom is 0.0411 e. The van der Waals surface area contributed by atoms with Crippen LogP contribution >= 0.6 is 0 Å². The second-order valence-electron chi connectivity index (χ2n) is 8.23. The molecule has 0 atom stereocenters. The van der Waals surface area contributed by atoms with Crippen molar-refractivity contribution in [2.24, 2.45) is 0 Å². The summed E-state index contributed by atoms with van der Waals surface area (Å²) in [5, 5.41) is 7.87. The molecule has 1 aromatic carbocycles. The van der Waals surface area contributed by atoms with E-state index in [0.717, 1.165) is 12.8 Å². The molecule has 2 aliphatic carbocycles. The molecule has 0 saturated heterocycles. The van der Waals surface area contributed by atoms with Crippen LogP contribution in [0.5, 0.6) is 0 Å². The van der Waals surface area contributed by atoms with Crippen molar-refractivity contribution in [2.75, 3.05) is 10.6 Å². The second kappa shape index (κ2) is 8.96. The molecule has 0 radical (unpaired) electrons. The third-order valence-corrected chi connectivity index (χ3v) is 6.45. The summed E-state index contributed by atoms with van der Waals surface area (Å²) in [7, 11) is 0. The Bertz CT molecular complexity index is 552. The molecule has 0 aromatic heterocycles. The van der Waals surface area contributed by atoms with Crippen molar-refractivity contribution in [2.45, 2.75) is 110 Å². The molecule has 140 valence electrons. The van der Waals surface area contributed by atoms with Gasteiger partial charge in [0.1, 0.15) is 0 Å². The Labute approximate surface area is 155 Å². The van der Waals surface area contributed by atoms with Gasteiger partial charge in [0.25, 0.3) is 0 Å². The average molecular weight is 343 g/mol. The number of hydrogen-bond donors (Lipinski definition) is 2. The zero-order chi connectivity index (χ0) is 17.6. The zero-order valence-corrected chi connectivity index (χ0v) is 16.7. The third kappa shape index (κ3) is 4.51. The maximum atomic E-state index is 3.96. The molecular formula is C23H38N2. The van der Waals surface area contributed by atoms with Crippen LogP contribution in [0.2, 0.25) is 0 Å². The molecule has 3 rings (SSSR count). The first-order valence-electron chi connectivity index (χ1n) is 10.9. The zero-order valence-electron chi connectivity index (χ0n) is 16.7. The highest BCUT2D eigenvalue weighted by Crippen LogP contribution is 2.35. The smallest absolute Gasteiger partial charge is 0.0411 e. The molecular weight excluding hydrogens is 304 g/mol. The number of anilines is 2. The first-order valence-corrected chi connectivity index (χ1v) is 10.9. The van der Waals surface area contributed by atoms with Crippen LogP contribution in [-0.2, 0) is 12.8 Å². The van der Waals surface area contributed by atoms with Gasteiger partial charge in [0.2, 0.25) is 0 Å². The van der Waals surface area contributed by atoms with Gasteiger partial charge in [-0.25, -0.2) is 0 Å². The van der Waals surface area contributed by atoms with Crippen molar-refractivity contribution in [3.8, 4) is 0 Å². The fraction of sp³-hybridized carbons (Fsp3) is 0.739. The molecule has 0 aliphatic heterocycles. The van der Waals surface area contributed by atoms with Crippen LogP contribution in [0.15, 0.2) is 6.07 Å². The van der Waals surface area contributed by atoms with Crippen LogP contribution in [0.3, 0.4) is 0 Å². The van der Waals surface area contributed by atoms with Crippen molar-refractivity contribution in [3.05, 3.63) is 22.8 Å². The molecule has 2 fully saturated rings. The number of hydrogen-bond acceptors (Lipinski definition) is 2. The van der Waals surface area contributed by atoms with Crippen LogP contribution in [0.25, 0.3) is 0 Å². The normalized spacial score (nSPS) is 19.8. The largest absolute Gasteiger partial charge is 0.382 e. The molecule has 0 spiro atoms. The fourth-order valence-corrected chi connectivity index (χ4v) is 4.87. The average Bonchev–Trinajstić information content (AvgIpc) is 2.66. The van der Waals surface area contributed by atoms with Crippen molar-refractivity contribution in [1.29, 1.82) is 0 Å². The lowest BCUT2D eigenvalue weighted by Gasteiger charge is -2.30. The van der Waals surface area contributed by atoms with Gasteiger partial charge in [-0.05, 0) is 68.2 Å². The summed E-state index contributed by atoms with van der Waals surface area (Å²) in [6.07, 6.45) is 16.0. The molecule has 2 nitrogen and oxygen atoms in total. The molecule has 0 unspecified atom stereocenters. The highest BCUT2D eigenvalue weighted by Gasteiger charge is 2.20. The van der Waals surface area contributed by atoms with Gasteiger partial charge in [0.15, 0.2) is 0 Å². The number of rotatable bonds is 6. The van der Waals surface area contributed by atoms with Gasteiger partial charge >= 0.3 is 0 Å². The summed E-state index contributed by atoms with van der Waals surface area (Å²) >= 11 is 0. The summed E-state index contributed by atoms with van der Waals surface area (Å²) in [6, 6.07) is 3.81. The van der Waals surface area contributed by atoms with E-state index in [2.05, 4.69) is 37.5 Å². The van der Waals surface area contributed by atoms with Crippen molar-refractivity contribution >= 4 is 11.4 Å². The summed E-state index contributed by atoms with van der Waals surface area (Å²) in [4.78, 5) is 0. The van der Waals surface area contributed by atoms with Crippen LogP contribution in [0.1, 0.15) is 94.7 Å². The SMILES string of the molecule is CCc1cc(NC2CCCCC2)c(C)c(CC)c1NC1CCCCC1. The van der Waals surface area contributed by atoms with E-state index in [1.807, 2.05) is 0 Å². The third-order valence-electron chi connectivity index (χ3n) is 6.45. The van der Waals surface area contributed by atoms with E-state index in [4.69, 9.17) is 0 Å². The summed E-state index contributed by atoms with van der Waals surface area (Å²) in [5.41, 5.74) is 7.39. The van der Waals surface area contributed by atoms with Crippen LogP contribution < -0.4 is 10.6 Å². The molecule has 0 heterocycles. The Kier molecular flexibility index (Phi) is 6.67. The van der Waals surface area contributed by atoms with Gasteiger partial charge in [-0.15, -0.1) is 0 Å². The number of benzene rings is 1. The van der Waals surface area contributed by atoms with E-state index >= 15 is 0 Å². The summed E-state index contributed by atoms with van der Waals surface area (Å²) in [5.74, 6) is 0. The molecule has 2 aliphatic rings. The molecule has 0 bridgehead atoms. The Hall–Kier alpha value is -1.18. The number of nitrogens with one attached hydrogen (secondary N) is 2. The van der Waals surface area contributed by atoms with Gasteiger partial charge in [0.05, 0.1) is 0 Å². The van der Waals surface area contributed by atoms with E-state index in [9.17, 15) is 0 Å². The summed E-state index contributed by atoms with van der Waals surface area (Å²) in [6.45, 7) is 6.95. The lowest BCUT2D eigenvalue weighted by Crippen LogP contribution is -2.25. The lowest BCUT2D eigenvalue weighted by molar-refractivity contribution is 0.461. The van der Waals surface area contributed by atoms with Gasteiger partial charge in [-0.2, -0.15) is 0 Å². The molecule has 0 amide bonds. The van der Waals surface area contributed by atoms with Gasteiger partial charge in [-0.3, -0.25) is 0 Å². The van der Waals surface area contributed by atoms with Crippen molar-refractivity contribution in [1.82, 2.24) is 0 Å². The van der Waals surface area contributed by atoms with E-state index in [1.165, 1.54) is 86.7 Å². The summed E-state index contributed by atoms with van der Waals surface area (Å²) < 4.78 is 0. The molecule has 1 aromatic rings. The van der Waals surface area contributed by atoms with Gasteiger partial charge in [0, 0.05) is 23.5 Å². The van der Waals surface area contributed by atoms with E-state index in [-0.39, 0.29) is 0 Å².